The number of ether oxygens (including phenoxy) is 2. The molecule has 3 aromatic rings. The number of amides is 1. The minimum Gasteiger partial charge on any atom is -0.497 e. The van der Waals surface area contributed by atoms with Gasteiger partial charge in [-0.25, -0.2) is 9.97 Å². The summed E-state index contributed by atoms with van der Waals surface area (Å²) in [6, 6.07) is 15.1. The summed E-state index contributed by atoms with van der Waals surface area (Å²) in [6.45, 7) is 3.95. The number of benzene rings is 2. The van der Waals surface area contributed by atoms with Crippen LogP contribution in [0, 0.1) is 0 Å². The van der Waals surface area contributed by atoms with Gasteiger partial charge < -0.3 is 19.3 Å². The normalized spacial score (nSPS) is 15.7. The van der Waals surface area contributed by atoms with Crippen molar-refractivity contribution in [1.29, 1.82) is 0 Å². The van der Waals surface area contributed by atoms with E-state index in [1.165, 1.54) is 0 Å². The molecule has 7 nitrogen and oxygen atoms in total. The molecule has 1 aromatic heterocycles. The van der Waals surface area contributed by atoms with E-state index in [9.17, 15) is 4.79 Å². The summed E-state index contributed by atoms with van der Waals surface area (Å²) in [5, 5.41) is 0.558. The Hall–Kier alpha value is -3.16. The molecule has 2 aromatic carbocycles. The number of halogens is 1. The van der Waals surface area contributed by atoms with E-state index in [0.29, 0.717) is 49.7 Å². The molecule has 176 valence electrons. The summed E-state index contributed by atoms with van der Waals surface area (Å²) < 4.78 is 10.9. The van der Waals surface area contributed by atoms with Crippen molar-refractivity contribution in [3.8, 4) is 5.75 Å². The Morgan fingerprint density at radius 3 is 2.71 bits per heavy atom. The Kier molecular flexibility index (Phi) is 6.65. The monoisotopic (exact) mass is 478 g/mol. The highest BCUT2D eigenvalue weighted by molar-refractivity contribution is 6.30. The van der Waals surface area contributed by atoms with Crippen molar-refractivity contribution in [1.82, 2.24) is 14.9 Å². The molecule has 0 atom stereocenters. The summed E-state index contributed by atoms with van der Waals surface area (Å²) in [7, 11) is 1.67. The third-order valence-electron chi connectivity index (χ3n) is 6.25. The van der Waals surface area contributed by atoms with Crippen LogP contribution in [0.4, 0.5) is 5.82 Å². The van der Waals surface area contributed by atoms with Gasteiger partial charge in [-0.15, -0.1) is 0 Å². The van der Waals surface area contributed by atoms with Crippen LogP contribution in [0.25, 0.3) is 0 Å². The highest BCUT2D eigenvalue weighted by Crippen LogP contribution is 2.29. The van der Waals surface area contributed by atoms with E-state index in [1.54, 1.807) is 31.4 Å². The van der Waals surface area contributed by atoms with Gasteiger partial charge in [0.25, 0.3) is 5.91 Å². The van der Waals surface area contributed by atoms with Crippen LogP contribution < -0.4 is 9.64 Å². The maximum Gasteiger partial charge on any atom is 0.254 e. The number of fused-ring (bicyclic) bond motifs is 1. The molecule has 0 aliphatic carbocycles. The molecule has 8 heteroatoms. The lowest BCUT2D eigenvalue weighted by Gasteiger charge is -2.34. The predicted molar refractivity (Wildman–Crippen MR) is 131 cm³/mol. The van der Waals surface area contributed by atoms with Gasteiger partial charge in [-0.05, 0) is 35.9 Å². The van der Waals surface area contributed by atoms with E-state index in [0.717, 1.165) is 47.3 Å². The highest BCUT2D eigenvalue weighted by Gasteiger charge is 2.29. The molecule has 0 saturated carbocycles. The fourth-order valence-electron chi connectivity index (χ4n) is 4.50. The first-order valence-electron chi connectivity index (χ1n) is 11.5. The third-order valence-corrected chi connectivity index (χ3v) is 6.49. The largest absolute Gasteiger partial charge is 0.497 e. The topological polar surface area (TPSA) is 67.8 Å². The van der Waals surface area contributed by atoms with Crippen molar-refractivity contribution >= 4 is 23.3 Å². The summed E-state index contributed by atoms with van der Waals surface area (Å²) in [6.07, 6.45) is 1.31. The van der Waals surface area contributed by atoms with E-state index in [1.807, 2.05) is 23.1 Å². The molecular formula is C26H27ClN4O3. The number of hydrogen-bond donors (Lipinski definition) is 0. The van der Waals surface area contributed by atoms with Crippen molar-refractivity contribution in [3.63, 3.8) is 0 Å². The van der Waals surface area contributed by atoms with E-state index in [4.69, 9.17) is 31.0 Å². The van der Waals surface area contributed by atoms with Gasteiger partial charge in [0.05, 0.1) is 32.6 Å². The maximum absolute atomic E-state index is 13.2. The molecule has 0 bridgehead atoms. The van der Waals surface area contributed by atoms with Crippen LogP contribution in [0.5, 0.6) is 5.75 Å². The lowest BCUT2D eigenvalue weighted by molar-refractivity contribution is 0.0733. The van der Waals surface area contributed by atoms with Gasteiger partial charge in [-0.2, -0.15) is 0 Å². The fraction of sp³-hybridized carbons (Fsp3) is 0.346. The minimum atomic E-state index is -0.0264. The number of anilines is 1. The fourth-order valence-corrected chi connectivity index (χ4v) is 4.70. The number of rotatable bonds is 5. The Labute approximate surface area is 204 Å². The first kappa shape index (κ1) is 22.6. The summed E-state index contributed by atoms with van der Waals surface area (Å²) in [4.78, 5) is 27.3. The second-order valence-electron chi connectivity index (χ2n) is 8.50. The van der Waals surface area contributed by atoms with Gasteiger partial charge in [-0.3, -0.25) is 4.79 Å². The van der Waals surface area contributed by atoms with Crippen molar-refractivity contribution < 1.29 is 14.3 Å². The van der Waals surface area contributed by atoms with E-state index < -0.39 is 0 Å². The number of carbonyl (C=O) groups is 1. The Morgan fingerprint density at radius 2 is 1.91 bits per heavy atom. The molecule has 2 aliphatic rings. The summed E-state index contributed by atoms with van der Waals surface area (Å²) in [5.41, 5.74) is 3.74. The van der Waals surface area contributed by atoms with Crippen LogP contribution >= 0.6 is 11.6 Å². The SMILES string of the molecule is COc1cccc(Cc2nc3c(c(N4CCOCC4)n2)CN(C(=O)c2cccc(Cl)c2)CC3)c1. The van der Waals surface area contributed by atoms with Gasteiger partial charge in [0.15, 0.2) is 0 Å². The van der Waals surface area contributed by atoms with Crippen LogP contribution in [0.3, 0.4) is 0 Å². The van der Waals surface area contributed by atoms with Crippen molar-refractivity contribution in [2.24, 2.45) is 0 Å². The molecule has 2 aliphatic heterocycles. The zero-order chi connectivity index (χ0) is 23.5. The van der Waals surface area contributed by atoms with Crippen molar-refractivity contribution in [2.45, 2.75) is 19.4 Å². The molecule has 5 rings (SSSR count). The molecule has 1 saturated heterocycles. The zero-order valence-corrected chi connectivity index (χ0v) is 19.9. The average molecular weight is 479 g/mol. The Bertz CT molecular complexity index is 1200. The first-order valence-corrected chi connectivity index (χ1v) is 11.9. The van der Waals surface area contributed by atoms with E-state index >= 15 is 0 Å². The van der Waals surface area contributed by atoms with Crippen LogP contribution in [0.1, 0.15) is 33.0 Å². The van der Waals surface area contributed by atoms with Gasteiger partial charge in [0, 0.05) is 48.6 Å². The number of nitrogens with zero attached hydrogens (tertiary/aromatic N) is 4. The van der Waals surface area contributed by atoms with E-state index in [-0.39, 0.29) is 5.91 Å². The second kappa shape index (κ2) is 9.99. The van der Waals surface area contributed by atoms with Crippen LogP contribution in [0.15, 0.2) is 48.5 Å². The molecule has 0 radical (unpaired) electrons. The standard InChI is InChI=1S/C26H27ClN4O3/c1-33-21-7-2-4-18(14-21)15-24-28-23-8-9-31(26(32)19-5-3-6-20(27)16-19)17-22(23)25(29-24)30-10-12-34-13-11-30/h2-7,14,16H,8-13,15,17H2,1H3. The Morgan fingerprint density at radius 1 is 1.09 bits per heavy atom. The van der Waals surface area contributed by atoms with Crippen molar-refractivity contribution in [2.75, 3.05) is 44.9 Å². The summed E-state index contributed by atoms with van der Waals surface area (Å²) >= 11 is 6.12. The number of aromatic nitrogens is 2. The quantitative estimate of drug-likeness (QED) is 0.556. The highest BCUT2D eigenvalue weighted by atomic mass is 35.5. The van der Waals surface area contributed by atoms with Crippen LogP contribution in [-0.4, -0.2) is 60.7 Å². The van der Waals surface area contributed by atoms with Gasteiger partial charge in [0.2, 0.25) is 0 Å². The molecule has 1 fully saturated rings. The molecule has 3 heterocycles. The molecule has 34 heavy (non-hydrogen) atoms. The van der Waals surface area contributed by atoms with Gasteiger partial charge in [0.1, 0.15) is 17.4 Å². The third kappa shape index (κ3) is 4.86. The van der Waals surface area contributed by atoms with Crippen LogP contribution in [0.2, 0.25) is 5.02 Å². The summed E-state index contributed by atoms with van der Waals surface area (Å²) in [5.74, 6) is 2.48. The second-order valence-corrected chi connectivity index (χ2v) is 8.94. The molecule has 0 unspecified atom stereocenters. The Balaban J connectivity index is 1.46. The van der Waals surface area contributed by atoms with Crippen molar-refractivity contribution in [3.05, 3.63) is 81.8 Å². The van der Waals surface area contributed by atoms with Gasteiger partial charge in [-0.1, -0.05) is 29.8 Å². The van der Waals surface area contributed by atoms with E-state index in [2.05, 4.69) is 11.0 Å². The number of carbonyl (C=O) groups excluding carboxylic acids is 1. The first-order chi connectivity index (χ1) is 16.6. The lowest BCUT2D eigenvalue weighted by Crippen LogP contribution is -2.41. The smallest absolute Gasteiger partial charge is 0.254 e. The number of hydrogen-bond acceptors (Lipinski definition) is 6. The molecular weight excluding hydrogens is 452 g/mol. The molecule has 0 N–H and O–H groups in total. The number of morpholine rings is 1. The lowest BCUT2D eigenvalue weighted by atomic mass is 10.0. The maximum atomic E-state index is 13.2. The number of methoxy groups -OCH3 is 1. The van der Waals surface area contributed by atoms with Gasteiger partial charge >= 0.3 is 0 Å². The average Bonchev–Trinajstić information content (AvgIpc) is 2.88. The molecule has 0 spiro atoms. The van der Waals surface area contributed by atoms with Crippen LogP contribution in [-0.2, 0) is 24.1 Å². The zero-order valence-electron chi connectivity index (χ0n) is 19.2. The molecule has 1 amide bonds. The minimum absolute atomic E-state index is 0.0264. The predicted octanol–water partition coefficient (Wildman–Crippen LogP) is 3.76.